The van der Waals surface area contributed by atoms with E-state index in [4.69, 9.17) is 0 Å². The van der Waals surface area contributed by atoms with Gasteiger partial charge in [0.15, 0.2) is 0 Å². The Morgan fingerprint density at radius 3 is 3.11 bits per heavy atom. The minimum absolute atomic E-state index is 0.566. The fraction of sp³-hybridized carbons (Fsp3) is 0.250. The molecule has 1 radical (unpaired) electrons. The lowest BCUT2D eigenvalue weighted by Gasteiger charge is -1.92. The molecule has 0 saturated heterocycles. The number of hydrogen-bond acceptors (Lipinski definition) is 4. The minimum atomic E-state index is -0.566. The highest BCUT2D eigenvalue weighted by Crippen LogP contribution is 1.81. The molecule has 5 nitrogen and oxygen atoms in total. The third kappa shape index (κ3) is 1.04. The SMILES string of the molecule is COC(=O)n1c[c]nn1. The van der Waals surface area contributed by atoms with Gasteiger partial charge in [-0.25, -0.2) is 4.79 Å². The van der Waals surface area contributed by atoms with Crippen LogP contribution in [0, 0.1) is 6.20 Å². The number of aromatic nitrogens is 3. The molecule has 0 aromatic carbocycles. The van der Waals surface area contributed by atoms with Crippen molar-refractivity contribution in [1.29, 1.82) is 0 Å². The topological polar surface area (TPSA) is 57.0 Å². The molecule has 0 fully saturated rings. The van der Waals surface area contributed by atoms with Crippen molar-refractivity contribution in [3.05, 3.63) is 12.4 Å². The van der Waals surface area contributed by atoms with Crippen LogP contribution in [0.2, 0.25) is 0 Å². The molecule has 0 aliphatic carbocycles. The van der Waals surface area contributed by atoms with Crippen molar-refractivity contribution >= 4 is 6.09 Å². The van der Waals surface area contributed by atoms with E-state index >= 15 is 0 Å². The van der Waals surface area contributed by atoms with Crippen LogP contribution in [0.5, 0.6) is 0 Å². The zero-order valence-corrected chi connectivity index (χ0v) is 4.74. The van der Waals surface area contributed by atoms with Gasteiger partial charge >= 0.3 is 6.09 Å². The molecule has 0 N–H and O–H groups in total. The molecule has 5 heteroatoms. The normalized spacial score (nSPS) is 9.00. The van der Waals surface area contributed by atoms with E-state index in [1.807, 2.05) is 0 Å². The van der Waals surface area contributed by atoms with Crippen LogP contribution in [0.3, 0.4) is 0 Å². The van der Waals surface area contributed by atoms with Gasteiger partial charge in [-0.05, 0) is 0 Å². The summed E-state index contributed by atoms with van der Waals surface area (Å²) >= 11 is 0. The predicted molar refractivity (Wildman–Crippen MR) is 26.7 cm³/mol. The van der Waals surface area contributed by atoms with Crippen LogP contribution in [0.4, 0.5) is 4.79 Å². The molecular weight excluding hydrogens is 122 g/mol. The molecule has 0 bridgehead atoms. The quantitative estimate of drug-likeness (QED) is 0.478. The van der Waals surface area contributed by atoms with Crippen molar-refractivity contribution in [1.82, 2.24) is 15.0 Å². The average molecular weight is 126 g/mol. The summed E-state index contributed by atoms with van der Waals surface area (Å²) in [7, 11) is 1.27. The third-order valence-corrected chi connectivity index (χ3v) is 0.741. The Bertz CT molecular complexity index is 194. The zero-order valence-electron chi connectivity index (χ0n) is 4.74. The van der Waals surface area contributed by atoms with E-state index in [9.17, 15) is 4.79 Å². The van der Waals surface area contributed by atoms with Crippen LogP contribution < -0.4 is 0 Å². The second-order valence-corrected chi connectivity index (χ2v) is 1.26. The van der Waals surface area contributed by atoms with Crippen molar-refractivity contribution in [2.45, 2.75) is 0 Å². The summed E-state index contributed by atoms with van der Waals surface area (Å²) in [5.41, 5.74) is 0. The Balaban J connectivity index is 2.77. The molecule has 1 heterocycles. The smallest absolute Gasteiger partial charge is 0.435 e. The number of methoxy groups -OCH3 is 1. The van der Waals surface area contributed by atoms with E-state index in [0.717, 1.165) is 4.68 Å². The van der Waals surface area contributed by atoms with Crippen LogP contribution in [-0.2, 0) is 4.74 Å². The van der Waals surface area contributed by atoms with E-state index in [0.29, 0.717) is 0 Å². The first-order chi connectivity index (χ1) is 4.34. The number of carbonyl (C=O) groups is 1. The maximum absolute atomic E-state index is 10.5. The molecule has 0 amide bonds. The summed E-state index contributed by atoms with van der Waals surface area (Å²) in [5.74, 6) is 0. The number of carbonyl (C=O) groups excluding carboxylic acids is 1. The number of hydrogen-bond donors (Lipinski definition) is 0. The molecule has 9 heavy (non-hydrogen) atoms. The van der Waals surface area contributed by atoms with E-state index in [-0.39, 0.29) is 0 Å². The highest BCUT2D eigenvalue weighted by atomic mass is 16.5. The first-order valence-corrected chi connectivity index (χ1v) is 2.21. The van der Waals surface area contributed by atoms with Gasteiger partial charge in [0.2, 0.25) is 0 Å². The van der Waals surface area contributed by atoms with Crippen LogP contribution >= 0.6 is 0 Å². The summed E-state index contributed by atoms with van der Waals surface area (Å²) in [6.45, 7) is 0. The molecule has 0 aliphatic heterocycles. The molecule has 1 aromatic rings. The molecule has 0 saturated carbocycles. The largest absolute Gasteiger partial charge is 0.451 e. The van der Waals surface area contributed by atoms with Gasteiger partial charge in [0.1, 0.15) is 6.20 Å². The molecular formula is C4H4N3O2. The lowest BCUT2D eigenvalue weighted by atomic mass is 10.9. The molecule has 47 valence electrons. The van der Waals surface area contributed by atoms with E-state index in [1.165, 1.54) is 13.3 Å². The Hall–Kier alpha value is -1.39. The van der Waals surface area contributed by atoms with Crippen molar-refractivity contribution in [3.63, 3.8) is 0 Å². The number of rotatable bonds is 0. The van der Waals surface area contributed by atoms with Gasteiger partial charge in [0, 0.05) is 0 Å². The maximum atomic E-state index is 10.5. The molecule has 0 atom stereocenters. The average Bonchev–Trinajstić information content (AvgIpc) is 2.37. The van der Waals surface area contributed by atoms with Gasteiger partial charge in [0.25, 0.3) is 0 Å². The Labute approximate surface area is 51.2 Å². The maximum Gasteiger partial charge on any atom is 0.435 e. The summed E-state index contributed by atoms with van der Waals surface area (Å²) in [6, 6.07) is 0. The summed E-state index contributed by atoms with van der Waals surface area (Å²) in [6.07, 6.45) is 3.06. The zero-order chi connectivity index (χ0) is 6.69. The second kappa shape index (κ2) is 2.25. The van der Waals surface area contributed by atoms with Gasteiger partial charge in [-0.15, -0.1) is 5.10 Å². The number of nitrogens with zero attached hydrogens (tertiary/aromatic N) is 3. The van der Waals surface area contributed by atoms with Gasteiger partial charge in [-0.3, -0.25) is 0 Å². The van der Waals surface area contributed by atoms with Crippen molar-refractivity contribution < 1.29 is 9.53 Å². The first kappa shape index (κ1) is 5.74. The third-order valence-electron chi connectivity index (χ3n) is 0.741. The van der Waals surface area contributed by atoms with Crippen LogP contribution in [0.1, 0.15) is 0 Å². The Morgan fingerprint density at radius 2 is 2.67 bits per heavy atom. The summed E-state index contributed by atoms with van der Waals surface area (Å²) < 4.78 is 5.24. The highest BCUT2D eigenvalue weighted by molar-refractivity contribution is 5.68. The second-order valence-electron chi connectivity index (χ2n) is 1.26. The van der Waals surface area contributed by atoms with Crippen molar-refractivity contribution in [2.75, 3.05) is 7.11 Å². The fourth-order valence-corrected chi connectivity index (χ4v) is 0.363. The monoisotopic (exact) mass is 126 g/mol. The van der Waals surface area contributed by atoms with E-state index < -0.39 is 6.09 Å². The molecule has 0 aliphatic rings. The minimum Gasteiger partial charge on any atom is -0.451 e. The van der Waals surface area contributed by atoms with Gasteiger partial charge < -0.3 is 4.74 Å². The first-order valence-electron chi connectivity index (χ1n) is 2.21. The lowest BCUT2D eigenvalue weighted by molar-refractivity contribution is 0.168. The van der Waals surface area contributed by atoms with Crippen LogP contribution in [0.25, 0.3) is 0 Å². The predicted octanol–water partition coefficient (Wildman–Crippen LogP) is -0.307. The Kier molecular flexibility index (Phi) is 1.44. The molecule has 1 aromatic heterocycles. The van der Waals surface area contributed by atoms with Gasteiger partial charge in [-0.1, -0.05) is 5.21 Å². The van der Waals surface area contributed by atoms with Crippen molar-refractivity contribution in [2.24, 2.45) is 0 Å². The Morgan fingerprint density at radius 1 is 1.89 bits per heavy atom. The van der Waals surface area contributed by atoms with Gasteiger partial charge in [0.05, 0.1) is 13.3 Å². The molecule has 0 spiro atoms. The summed E-state index contributed by atoms with van der Waals surface area (Å²) in [5, 5.41) is 6.60. The van der Waals surface area contributed by atoms with Crippen LogP contribution in [-0.4, -0.2) is 28.2 Å². The van der Waals surface area contributed by atoms with Crippen LogP contribution in [0.15, 0.2) is 6.20 Å². The molecule has 1 rings (SSSR count). The van der Waals surface area contributed by atoms with Crippen molar-refractivity contribution in [3.8, 4) is 0 Å². The molecule has 0 unspecified atom stereocenters. The van der Waals surface area contributed by atoms with E-state index in [1.54, 1.807) is 0 Å². The fourth-order valence-electron chi connectivity index (χ4n) is 0.363. The van der Waals surface area contributed by atoms with E-state index in [2.05, 4.69) is 21.2 Å². The lowest BCUT2D eigenvalue weighted by Crippen LogP contribution is -2.11. The standard InChI is InChI=1S/C4H4N3O2/c1-9-4(8)7-3-2-5-6-7/h3H,1H3. The number of ether oxygens (including phenoxy) is 1. The van der Waals surface area contributed by atoms with Gasteiger partial charge in [-0.2, -0.15) is 4.68 Å². The summed E-state index contributed by atoms with van der Waals surface area (Å²) in [4.78, 5) is 10.5. The highest BCUT2D eigenvalue weighted by Gasteiger charge is 2.01.